The van der Waals surface area contributed by atoms with Crippen molar-refractivity contribution in [3.63, 3.8) is 0 Å². The van der Waals surface area contributed by atoms with E-state index in [-0.39, 0.29) is 24.4 Å². The third-order valence-electron chi connectivity index (χ3n) is 4.15. The van der Waals surface area contributed by atoms with Crippen molar-refractivity contribution in [2.24, 2.45) is 5.92 Å². The maximum Gasteiger partial charge on any atom is 0.309 e. The summed E-state index contributed by atoms with van der Waals surface area (Å²) in [7, 11) is -3.21. The molecule has 1 aliphatic heterocycles. The van der Waals surface area contributed by atoms with E-state index in [4.69, 9.17) is 9.15 Å². The van der Waals surface area contributed by atoms with Gasteiger partial charge in [0.25, 0.3) is 5.89 Å². The Balaban J connectivity index is 1.52. The summed E-state index contributed by atoms with van der Waals surface area (Å²) in [5.41, 5.74) is 0.770. The number of carbonyl (C=O) groups excluding carboxylic acids is 1. The van der Waals surface area contributed by atoms with Gasteiger partial charge in [-0.05, 0) is 37.1 Å². The van der Waals surface area contributed by atoms with Crippen LogP contribution in [0, 0.1) is 5.92 Å². The minimum absolute atomic E-state index is 0.103. The van der Waals surface area contributed by atoms with Crippen molar-refractivity contribution in [3.8, 4) is 11.5 Å². The predicted octanol–water partition coefficient (Wildman–Crippen LogP) is 2.21. The molecule has 0 radical (unpaired) electrons. The van der Waals surface area contributed by atoms with Crippen molar-refractivity contribution < 1.29 is 22.4 Å². The van der Waals surface area contributed by atoms with Crippen molar-refractivity contribution in [1.82, 2.24) is 14.5 Å². The van der Waals surface area contributed by atoms with Gasteiger partial charge in [0, 0.05) is 23.1 Å². The van der Waals surface area contributed by atoms with Crippen LogP contribution in [0.15, 0.2) is 33.2 Å². The summed E-state index contributed by atoms with van der Waals surface area (Å²) in [6.07, 6.45) is 2.06. The van der Waals surface area contributed by atoms with Gasteiger partial charge in [0.2, 0.25) is 15.9 Å². The van der Waals surface area contributed by atoms with E-state index < -0.39 is 10.0 Å². The monoisotopic (exact) mass is 443 g/mol. The number of halogens is 1. The van der Waals surface area contributed by atoms with Gasteiger partial charge in [0.1, 0.15) is 0 Å². The van der Waals surface area contributed by atoms with Crippen LogP contribution in [0.1, 0.15) is 18.7 Å². The Morgan fingerprint density at radius 3 is 2.54 bits per heavy atom. The van der Waals surface area contributed by atoms with E-state index in [1.165, 1.54) is 10.6 Å². The van der Waals surface area contributed by atoms with Gasteiger partial charge >= 0.3 is 5.97 Å². The zero-order valence-electron chi connectivity index (χ0n) is 14.1. The first-order valence-electron chi connectivity index (χ1n) is 8.03. The summed E-state index contributed by atoms with van der Waals surface area (Å²) in [4.78, 5) is 12.2. The highest BCUT2D eigenvalue weighted by Crippen LogP contribution is 2.22. The van der Waals surface area contributed by atoms with Crippen LogP contribution in [0.4, 0.5) is 0 Å². The molecule has 0 unspecified atom stereocenters. The molecule has 1 aliphatic rings. The Morgan fingerprint density at radius 2 is 1.92 bits per heavy atom. The van der Waals surface area contributed by atoms with Crippen LogP contribution in [-0.2, 0) is 26.2 Å². The van der Waals surface area contributed by atoms with E-state index in [0.717, 1.165) is 10.0 Å². The van der Waals surface area contributed by atoms with Gasteiger partial charge in [-0.25, -0.2) is 12.7 Å². The quantitative estimate of drug-likeness (QED) is 0.652. The molecular formula is C16H18BrN3O5S. The first-order chi connectivity index (χ1) is 12.3. The molecule has 2 heterocycles. The average molecular weight is 444 g/mol. The molecule has 0 atom stereocenters. The Hall–Kier alpha value is -1.78. The molecule has 0 bridgehead atoms. The molecule has 1 fully saturated rings. The van der Waals surface area contributed by atoms with Crippen LogP contribution in [0.25, 0.3) is 11.5 Å². The summed E-state index contributed by atoms with van der Waals surface area (Å²) in [6, 6.07) is 7.40. The normalized spacial score (nSPS) is 16.5. The molecule has 10 heteroatoms. The number of aromatic nitrogens is 2. The van der Waals surface area contributed by atoms with E-state index in [1.54, 1.807) is 0 Å². The second-order valence-corrected chi connectivity index (χ2v) is 8.95. The molecule has 0 saturated carbocycles. The molecule has 3 rings (SSSR count). The summed E-state index contributed by atoms with van der Waals surface area (Å²) in [5.74, 6) is -0.127. The fourth-order valence-electron chi connectivity index (χ4n) is 2.69. The van der Waals surface area contributed by atoms with E-state index in [0.29, 0.717) is 31.8 Å². The van der Waals surface area contributed by atoms with Gasteiger partial charge in [-0.2, -0.15) is 0 Å². The van der Waals surface area contributed by atoms with E-state index in [9.17, 15) is 13.2 Å². The number of benzene rings is 1. The standard InChI is InChI=1S/C16H18BrN3O5S/c1-26(22,23)20-8-6-12(7-9-20)16(21)24-10-14-18-19-15(25-14)11-2-4-13(17)5-3-11/h2-5,12H,6-10H2,1H3. The smallest absolute Gasteiger partial charge is 0.309 e. The number of sulfonamides is 1. The van der Waals surface area contributed by atoms with Crippen LogP contribution >= 0.6 is 15.9 Å². The number of esters is 1. The van der Waals surface area contributed by atoms with Gasteiger partial charge in [0.05, 0.1) is 12.2 Å². The van der Waals surface area contributed by atoms with Gasteiger partial charge in [-0.1, -0.05) is 15.9 Å². The highest BCUT2D eigenvalue weighted by Gasteiger charge is 2.30. The van der Waals surface area contributed by atoms with Crippen molar-refractivity contribution >= 4 is 31.9 Å². The van der Waals surface area contributed by atoms with Crippen LogP contribution < -0.4 is 0 Å². The maximum atomic E-state index is 12.2. The second kappa shape index (κ2) is 7.85. The van der Waals surface area contributed by atoms with Gasteiger partial charge in [-0.15, -0.1) is 10.2 Å². The van der Waals surface area contributed by atoms with E-state index in [2.05, 4.69) is 26.1 Å². The molecule has 1 saturated heterocycles. The van der Waals surface area contributed by atoms with Crippen molar-refractivity contribution in [2.75, 3.05) is 19.3 Å². The molecule has 1 aromatic carbocycles. The molecule has 26 heavy (non-hydrogen) atoms. The zero-order chi connectivity index (χ0) is 18.7. The largest absolute Gasteiger partial charge is 0.455 e. The molecule has 0 aliphatic carbocycles. The third-order valence-corrected chi connectivity index (χ3v) is 5.98. The minimum atomic E-state index is -3.21. The molecule has 2 aromatic rings. The van der Waals surface area contributed by atoms with Crippen LogP contribution in [-0.4, -0.2) is 48.2 Å². The first kappa shape index (κ1) is 19.0. The summed E-state index contributed by atoms with van der Waals surface area (Å²) >= 11 is 3.36. The Labute approximate surface area is 159 Å². The van der Waals surface area contributed by atoms with Crippen molar-refractivity contribution in [2.45, 2.75) is 19.4 Å². The number of carbonyl (C=O) groups is 1. The number of hydrogen-bond donors (Lipinski definition) is 0. The fraction of sp³-hybridized carbons (Fsp3) is 0.438. The molecule has 0 N–H and O–H groups in total. The van der Waals surface area contributed by atoms with Crippen molar-refractivity contribution in [3.05, 3.63) is 34.6 Å². The first-order valence-corrected chi connectivity index (χ1v) is 10.7. The van der Waals surface area contributed by atoms with Gasteiger partial charge < -0.3 is 9.15 Å². The number of nitrogens with zero attached hydrogens (tertiary/aromatic N) is 3. The van der Waals surface area contributed by atoms with Gasteiger partial charge in [-0.3, -0.25) is 4.79 Å². The molecule has 8 nitrogen and oxygen atoms in total. The SMILES string of the molecule is CS(=O)(=O)N1CCC(C(=O)OCc2nnc(-c3ccc(Br)cc3)o2)CC1. The Kier molecular flexibility index (Phi) is 5.73. The second-order valence-electron chi connectivity index (χ2n) is 6.05. The molecular weight excluding hydrogens is 426 g/mol. The number of ether oxygens (including phenoxy) is 1. The highest BCUT2D eigenvalue weighted by atomic mass is 79.9. The van der Waals surface area contributed by atoms with Crippen LogP contribution in [0.5, 0.6) is 0 Å². The lowest BCUT2D eigenvalue weighted by atomic mass is 9.98. The topological polar surface area (TPSA) is 103 Å². The third kappa shape index (κ3) is 4.68. The lowest BCUT2D eigenvalue weighted by molar-refractivity contribution is -0.151. The number of hydrogen-bond acceptors (Lipinski definition) is 7. The fourth-order valence-corrected chi connectivity index (χ4v) is 3.83. The lowest BCUT2D eigenvalue weighted by Crippen LogP contribution is -2.40. The van der Waals surface area contributed by atoms with E-state index >= 15 is 0 Å². The number of rotatable bonds is 5. The predicted molar refractivity (Wildman–Crippen MR) is 96.4 cm³/mol. The minimum Gasteiger partial charge on any atom is -0.455 e. The van der Waals surface area contributed by atoms with Gasteiger partial charge in [0.15, 0.2) is 6.61 Å². The molecule has 1 aromatic heterocycles. The molecule has 0 amide bonds. The van der Waals surface area contributed by atoms with Crippen LogP contribution in [0.2, 0.25) is 0 Å². The Morgan fingerprint density at radius 1 is 1.27 bits per heavy atom. The number of piperidine rings is 1. The van der Waals surface area contributed by atoms with E-state index in [1.807, 2.05) is 24.3 Å². The van der Waals surface area contributed by atoms with Crippen molar-refractivity contribution in [1.29, 1.82) is 0 Å². The highest BCUT2D eigenvalue weighted by molar-refractivity contribution is 9.10. The lowest BCUT2D eigenvalue weighted by Gasteiger charge is -2.28. The summed E-state index contributed by atoms with van der Waals surface area (Å²) < 4.78 is 36.1. The summed E-state index contributed by atoms with van der Waals surface area (Å²) in [6.45, 7) is 0.550. The Bertz CT molecular complexity index is 874. The molecule has 140 valence electrons. The summed E-state index contributed by atoms with van der Waals surface area (Å²) in [5, 5.41) is 7.83. The average Bonchev–Trinajstić information content (AvgIpc) is 3.08. The molecule has 0 spiro atoms. The zero-order valence-corrected chi connectivity index (χ0v) is 16.5. The van der Waals surface area contributed by atoms with Crippen LogP contribution in [0.3, 0.4) is 0 Å². The maximum absolute atomic E-state index is 12.2.